The largest absolute Gasteiger partial charge is 0.377 e. The number of benzene rings is 1. The van der Waals surface area contributed by atoms with Crippen LogP contribution in [0.5, 0.6) is 0 Å². The van der Waals surface area contributed by atoms with Gasteiger partial charge in [0, 0.05) is 0 Å². The molecule has 1 saturated heterocycles. The topological polar surface area (TPSA) is 9.23 Å². The second-order valence-electron chi connectivity index (χ2n) is 3.02. The smallest absolute Gasteiger partial charge is 0.0681 e. The third-order valence-electron chi connectivity index (χ3n) is 2.03. The van der Waals surface area contributed by atoms with Crippen molar-refractivity contribution in [1.29, 1.82) is 0 Å². The fourth-order valence-electron chi connectivity index (χ4n) is 1.38. The molecule has 0 aliphatic carbocycles. The number of ether oxygens (including phenoxy) is 1. The maximum Gasteiger partial charge on any atom is 0.0681 e. The number of hydrogen-bond donors (Lipinski definition) is 0. The molecule has 1 aliphatic rings. The fourth-order valence-corrected chi connectivity index (χ4v) is 1.38. The molecule has 1 nitrogen and oxygen atoms in total. The van der Waals surface area contributed by atoms with Crippen molar-refractivity contribution in [2.24, 2.45) is 0 Å². The molecule has 0 aromatic heterocycles. The molecule has 0 radical (unpaired) electrons. The van der Waals surface area contributed by atoms with Crippen molar-refractivity contribution in [3.8, 4) is 0 Å². The second kappa shape index (κ2) is 3.55. The monoisotopic (exact) mass is 160 g/mol. The summed E-state index contributed by atoms with van der Waals surface area (Å²) in [4.78, 5) is 0. The van der Waals surface area contributed by atoms with Gasteiger partial charge < -0.3 is 4.74 Å². The minimum atomic E-state index is 0.814. The summed E-state index contributed by atoms with van der Waals surface area (Å²) in [5, 5.41) is 0. The molecule has 0 amide bonds. The number of hydrogen-bond acceptors (Lipinski definition) is 1. The van der Waals surface area contributed by atoms with Gasteiger partial charge in [-0.25, -0.2) is 0 Å². The maximum atomic E-state index is 5.26. The van der Waals surface area contributed by atoms with E-state index in [1.807, 2.05) is 6.07 Å². The molecule has 1 aliphatic heterocycles. The summed E-state index contributed by atoms with van der Waals surface area (Å²) in [5.41, 5.74) is 2.68. The van der Waals surface area contributed by atoms with Crippen LogP contribution in [-0.4, -0.2) is 13.2 Å². The van der Waals surface area contributed by atoms with Crippen LogP contribution in [0.4, 0.5) is 0 Å². The molecule has 1 aromatic carbocycles. The Morgan fingerprint density at radius 2 is 2.00 bits per heavy atom. The highest BCUT2D eigenvalue weighted by molar-refractivity contribution is 5.53. The van der Waals surface area contributed by atoms with Gasteiger partial charge in [-0.3, -0.25) is 0 Å². The fraction of sp³-hybridized carbons (Fsp3) is 0.273. The average molecular weight is 160 g/mol. The minimum Gasteiger partial charge on any atom is -0.377 e. The van der Waals surface area contributed by atoms with Gasteiger partial charge in [-0.05, 0) is 17.6 Å². The van der Waals surface area contributed by atoms with Gasteiger partial charge in [0.25, 0.3) is 0 Å². The summed E-state index contributed by atoms with van der Waals surface area (Å²) in [6, 6.07) is 10.4. The van der Waals surface area contributed by atoms with Crippen LogP contribution in [0.2, 0.25) is 0 Å². The molecule has 12 heavy (non-hydrogen) atoms. The molecule has 2 rings (SSSR count). The van der Waals surface area contributed by atoms with Crippen molar-refractivity contribution in [1.82, 2.24) is 0 Å². The Balaban J connectivity index is 2.16. The van der Waals surface area contributed by atoms with Gasteiger partial charge in [0.05, 0.1) is 13.2 Å². The summed E-state index contributed by atoms with van der Waals surface area (Å²) in [5.74, 6) is 0. The molecule has 1 aromatic rings. The molecule has 0 spiro atoms. The molecule has 0 atom stereocenters. The molecule has 1 heteroatoms. The van der Waals surface area contributed by atoms with E-state index in [-0.39, 0.29) is 0 Å². The van der Waals surface area contributed by atoms with E-state index in [1.165, 1.54) is 11.1 Å². The quantitative estimate of drug-likeness (QED) is 0.613. The van der Waals surface area contributed by atoms with E-state index in [0.29, 0.717) is 0 Å². The molecular weight excluding hydrogens is 148 g/mol. The zero-order valence-corrected chi connectivity index (χ0v) is 6.99. The highest BCUT2D eigenvalue weighted by atomic mass is 16.5. The lowest BCUT2D eigenvalue weighted by molar-refractivity contribution is 0.205. The van der Waals surface area contributed by atoms with E-state index < -0.39 is 0 Å². The van der Waals surface area contributed by atoms with Gasteiger partial charge in [0.15, 0.2) is 0 Å². The first kappa shape index (κ1) is 7.56. The zero-order valence-electron chi connectivity index (χ0n) is 6.99. The summed E-state index contributed by atoms with van der Waals surface area (Å²) in [6.45, 7) is 1.70. The Morgan fingerprint density at radius 1 is 1.17 bits per heavy atom. The van der Waals surface area contributed by atoms with Crippen LogP contribution < -0.4 is 0 Å². The Kier molecular flexibility index (Phi) is 2.23. The van der Waals surface area contributed by atoms with E-state index in [0.717, 1.165) is 19.6 Å². The van der Waals surface area contributed by atoms with Gasteiger partial charge in [-0.1, -0.05) is 36.4 Å². The van der Waals surface area contributed by atoms with Gasteiger partial charge in [-0.15, -0.1) is 0 Å². The zero-order chi connectivity index (χ0) is 8.23. The van der Waals surface area contributed by atoms with E-state index in [2.05, 4.69) is 30.3 Å². The van der Waals surface area contributed by atoms with Crippen molar-refractivity contribution < 1.29 is 4.74 Å². The molecular formula is C11H12O. The Morgan fingerprint density at radius 3 is 2.67 bits per heavy atom. The van der Waals surface area contributed by atoms with E-state index in [4.69, 9.17) is 4.74 Å². The number of rotatable bonds is 1. The van der Waals surface area contributed by atoms with Crippen LogP contribution in [0.25, 0.3) is 6.08 Å². The van der Waals surface area contributed by atoms with Crippen molar-refractivity contribution in [2.45, 2.75) is 6.42 Å². The van der Waals surface area contributed by atoms with E-state index >= 15 is 0 Å². The normalized spacial score (nSPS) is 20.2. The maximum absolute atomic E-state index is 5.26. The highest BCUT2D eigenvalue weighted by Gasteiger charge is 2.05. The lowest BCUT2D eigenvalue weighted by atomic mass is 10.1. The third-order valence-corrected chi connectivity index (χ3v) is 2.03. The lowest BCUT2D eigenvalue weighted by Gasteiger charge is -1.94. The molecule has 0 saturated carbocycles. The summed E-state index contributed by atoms with van der Waals surface area (Å²) in [6.07, 6.45) is 3.31. The predicted molar refractivity (Wildman–Crippen MR) is 49.9 cm³/mol. The third kappa shape index (κ3) is 1.74. The molecule has 0 N–H and O–H groups in total. The molecule has 0 unspecified atom stereocenters. The SMILES string of the molecule is C(=C1/CCOC1)/c1ccccc1. The second-order valence-corrected chi connectivity index (χ2v) is 3.02. The Hall–Kier alpha value is -1.08. The average Bonchev–Trinajstić information content (AvgIpc) is 2.59. The van der Waals surface area contributed by atoms with E-state index in [9.17, 15) is 0 Å². The van der Waals surface area contributed by atoms with Crippen molar-refractivity contribution >= 4 is 6.08 Å². The highest BCUT2D eigenvalue weighted by Crippen LogP contribution is 2.14. The van der Waals surface area contributed by atoms with Crippen molar-refractivity contribution in [3.05, 3.63) is 41.5 Å². The molecule has 62 valence electrons. The predicted octanol–water partition coefficient (Wildman–Crippen LogP) is 2.49. The van der Waals surface area contributed by atoms with Gasteiger partial charge in [0.2, 0.25) is 0 Å². The Bertz CT molecular complexity index is 266. The Labute approximate surface area is 72.7 Å². The first-order chi connectivity index (χ1) is 5.95. The van der Waals surface area contributed by atoms with Crippen LogP contribution in [0, 0.1) is 0 Å². The van der Waals surface area contributed by atoms with Crippen molar-refractivity contribution in [2.75, 3.05) is 13.2 Å². The summed E-state index contributed by atoms with van der Waals surface area (Å²) >= 11 is 0. The van der Waals surface area contributed by atoms with Gasteiger partial charge >= 0.3 is 0 Å². The van der Waals surface area contributed by atoms with Crippen LogP contribution in [0.3, 0.4) is 0 Å². The summed E-state index contributed by atoms with van der Waals surface area (Å²) in [7, 11) is 0. The first-order valence-corrected chi connectivity index (χ1v) is 4.27. The van der Waals surface area contributed by atoms with Crippen LogP contribution >= 0.6 is 0 Å². The van der Waals surface area contributed by atoms with Gasteiger partial charge in [-0.2, -0.15) is 0 Å². The van der Waals surface area contributed by atoms with Crippen LogP contribution in [0.15, 0.2) is 35.9 Å². The summed E-state index contributed by atoms with van der Waals surface area (Å²) < 4.78 is 5.26. The molecule has 1 heterocycles. The van der Waals surface area contributed by atoms with Gasteiger partial charge in [0.1, 0.15) is 0 Å². The van der Waals surface area contributed by atoms with E-state index in [1.54, 1.807) is 0 Å². The first-order valence-electron chi connectivity index (χ1n) is 4.27. The van der Waals surface area contributed by atoms with Crippen molar-refractivity contribution in [3.63, 3.8) is 0 Å². The molecule has 1 fully saturated rings. The minimum absolute atomic E-state index is 0.814. The van der Waals surface area contributed by atoms with Crippen LogP contribution in [0.1, 0.15) is 12.0 Å². The standard InChI is InChI=1S/C11H12O/c1-2-4-10(5-3-1)8-11-6-7-12-9-11/h1-5,8H,6-7,9H2/b11-8+. The lowest BCUT2D eigenvalue weighted by Crippen LogP contribution is -1.80. The van der Waals surface area contributed by atoms with Crippen LogP contribution in [-0.2, 0) is 4.74 Å². The molecule has 0 bridgehead atoms.